The molecule has 3 aromatic rings. The fourth-order valence-corrected chi connectivity index (χ4v) is 2.77. The van der Waals surface area contributed by atoms with Gasteiger partial charge in [0, 0.05) is 9.86 Å². The van der Waals surface area contributed by atoms with Gasteiger partial charge in [-0.3, -0.25) is 4.79 Å². The smallest absolute Gasteiger partial charge is 0.307 e. The second kappa shape index (κ2) is 7.16. The molecular formula is C17H12BrClN2O4. The van der Waals surface area contributed by atoms with Crippen molar-refractivity contribution in [2.45, 2.75) is 0 Å². The number of fused-ring (bicyclic) bond motifs is 1. The number of amides is 1. The minimum atomic E-state index is -0.486. The third-order valence-corrected chi connectivity index (χ3v) is 4.13. The third kappa shape index (κ3) is 3.78. The Morgan fingerprint density at radius 2 is 2.16 bits per heavy atom. The summed E-state index contributed by atoms with van der Waals surface area (Å²) in [5.41, 5.74) is 3.53. The first-order valence-corrected chi connectivity index (χ1v) is 8.24. The number of carbonyl (C=O) groups is 1. The summed E-state index contributed by atoms with van der Waals surface area (Å²) in [5, 5.41) is 14.5. The van der Waals surface area contributed by atoms with Gasteiger partial charge in [-0.25, -0.2) is 5.43 Å². The van der Waals surface area contributed by atoms with Crippen molar-refractivity contribution in [3.63, 3.8) is 0 Å². The number of hydrogen-bond donors (Lipinski definition) is 2. The number of aromatic hydroxyl groups is 1. The molecule has 0 bridgehead atoms. The van der Waals surface area contributed by atoms with Gasteiger partial charge in [0.15, 0.2) is 17.3 Å². The van der Waals surface area contributed by atoms with Crippen LogP contribution in [-0.2, 0) is 0 Å². The van der Waals surface area contributed by atoms with Gasteiger partial charge in [0.05, 0.1) is 18.3 Å². The van der Waals surface area contributed by atoms with E-state index in [1.54, 1.807) is 12.1 Å². The highest BCUT2D eigenvalue weighted by molar-refractivity contribution is 9.10. The first-order chi connectivity index (χ1) is 12.0. The average Bonchev–Trinajstić information content (AvgIpc) is 3.01. The van der Waals surface area contributed by atoms with Gasteiger partial charge in [-0.1, -0.05) is 27.5 Å². The van der Waals surface area contributed by atoms with Crippen molar-refractivity contribution in [3.8, 4) is 11.5 Å². The molecule has 25 heavy (non-hydrogen) atoms. The molecule has 6 nitrogen and oxygen atoms in total. The van der Waals surface area contributed by atoms with Crippen molar-refractivity contribution in [1.29, 1.82) is 0 Å². The quantitative estimate of drug-likeness (QED) is 0.483. The number of methoxy groups -OCH3 is 1. The number of nitrogens with zero attached hydrogens (tertiary/aromatic N) is 1. The first kappa shape index (κ1) is 17.3. The number of phenols is 1. The van der Waals surface area contributed by atoms with Crippen LogP contribution in [0.2, 0.25) is 5.02 Å². The Morgan fingerprint density at radius 3 is 2.92 bits per heavy atom. The van der Waals surface area contributed by atoms with Crippen LogP contribution in [-0.4, -0.2) is 24.3 Å². The van der Waals surface area contributed by atoms with E-state index in [-0.39, 0.29) is 22.3 Å². The number of rotatable bonds is 4. The Balaban J connectivity index is 1.75. The molecule has 2 aromatic carbocycles. The number of nitrogens with one attached hydrogen (secondary N) is 1. The van der Waals surface area contributed by atoms with Crippen molar-refractivity contribution >= 4 is 50.6 Å². The Kier molecular flexibility index (Phi) is 4.96. The molecule has 3 rings (SSSR count). The molecule has 0 aliphatic rings. The molecule has 0 radical (unpaired) electrons. The number of hydrazone groups is 1. The van der Waals surface area contributed by atoms with Gasteiger partial charge in [0.2, 0.25) is 0 Å². The van der Waals surface area contributed by atoms with Crippen LogP contribution in [0, 0.1) is 0 Å². The SMILES string of the molecule is COc1cc(/C=N/NC(=O)c2cc3cc(Br)ccc3o2)cc(Cl)c1O. The van der Waals surface area contributed by atoms with Gasteiger partial charge in [-0.2, -0.15) is 5.10 Å². The van der Waals surface area contributed by atoms with Crippen LogP contribution in [0.3, 0.4) is 0 Å². The predicted octanol–water partition coefficient (Wildman–Crippen LogP) is 4.33. The highest BCUT2D eigenvalue weighted by atomic mass is 79.9. The molecule has 1 amide bonds. The molecule has 0 saturated heterocycles. The first-order valence-electron chi connectivity index (χ1n) is 7.07. The zero-order valence-electron chi connectivity index (χ0n) is 12.9. The molecule has 0 spiro atoms. The van der Waals surface area contributed by atoms with E-state index in [0.717, 1.165) is 9.86 Å². The standard InChI is InChI=1S/C17H12BrClN2O4/c1-24-14-5-9(4-12(19)16(14)22)8-20-21-17(23)15-7-10-6-11(18)2-3-13(10)25-15/h2-8,22H,1H3,(H,21,23)/b20-8+. The van der Waals surface area contributed by atoms with E-state index in [0.29, 0.717) is 11.1 Å². The zero-order chi connectivity index (χ0) is 18.0. The number of benzene rings is 2. The molecule has 2 N–H and O–H groups in total. The molecule has 8 heteroatoms. The summed E-state index contributed by atoms with van der Waals surface area (Å²) < 4.78 is 11.4. The summed E-state index contributed by atoms with van der Waals surface area (Å²) in [6, 6.07) is 10.1. The maximum atomic E-state index is 12.1. The summed E-state index contributed by atoms with van der Waals surface area (Å²) in [4.78, 5) is 12.1. The van der Waals surface area contributed by atoms with E-state index >= 15 is 0 Å². The van der Waals surface area contributed by atoms with Crippen LogP contribution in [0.15, 0.2) is 50.4 Å². The average molecular weight is 424 g/mol. The minimum Gasteiger partial charge on any atom is -0.503 e. The van der Waals surface area contributed by atoms with Crippen molar-refractivity contribution < 1.29 is 19.1 Å². The van der Waals surface area contributed by atoms with Crippen LogP contribution in [0.25, 0.3) is 11.0 Å². The van der Waals surface area contributed by atoms with Crippen molar-refractivity contribution in [2.75, 3.05) is 7.11 Å². The maximum absolute atomic E-state index is 12.1. The fraction of sp³-hybridized carbons (Fsp3) is 0.0588. The van der Waals surface area contributed by atoms with Crippen molar-refractivity contribution in [1.82, 2.24) is 5.43 Å². The summed E-state index contributed by atoms with van der Waals surface area (Å²) >= 11 is 9.26. The monoisotopic (exact) mass is 422 g/mol. The van der Waals surface area contributed by atoms with E-state index in [9.17, 15) is 9.90 Å². The molecule has 0 fully saturated rings. The number of ether oxygens (including phenoxy) is 1. The highest BCUT2D eigenvalue weighted by Gasteiger charge is 2.12. The van der Waals surface area contributed by atoms with Crippen molar-refractivity contribution in [3.05, 3.63) is 57.2 Å². The Bertz CT molecular complexity index is 984. The molecule has 0 unspecified atom stereocenters. The van der Waals surface area contributed by atoms with Gasteiger partial charge >= 0.3 is 5.91 Å². The second-order valence-corrected chi connectivity index (χ2v) is 6.37. The molecule has 0 saturated carbocycles. The summed E-state index contributed by atoms with van der Waals surface area (Å²) in [6.07, 6.45) is 1.38. The molecule has 128 valence electrons. The van der Waals surface area contributed by atoms with Crippen molar-refractivity contribution in [2.24, 2.45) is 5.10 Å². The lowest BCUT2D eigenvalue weighted by molar-refractivity contribution is 0.0929. The number of furan rings is 1. The number of halogens is 2. The fourth-order valence-electron chi connectivity index (χ4n) is 2.17. The molecule has 0 atom stereocenters. The second-order valence-electron chi connectivity index (χ2n) is 5.05. The molecule has 0 aliphatic carbocycles. The Labute approximate surface area is 156 Å². The Morgan fingerprint density at radius 1 is 1.36 bits per heavy atom. The summed E-state index contributed by atoms with van der Waals surface area (Å²) in [7, 11) is 1.41. The lowest BCUT2D eigenvalue weighted by Gasteiger charge is -2.05. The van der Waals surface area contributed by atoms with E-state index < -0.39 is 5.91 Å². The number of phenolic OH excluding ortho intramolecular Hbond substituents is 1. The molecule has 1 aromatic heterocycles. The predicted molar refractivity (Wildman–Crippen MR) is 98.6 cm³/mol. The van der Waals surface area contributed by atoms with Gasteiger partial charge in [-0.15, -0.1) is 0 Å². The van der Waals surface area contributed by atoms with Gasteiger partial charge in [0.1, 0.15) is 5.58 Å². The van der Waals surface area contributed by atoms with Crippen LogP contribution in [0.4, 0.5) is 0 Å². The largest absolute Gasteiger partial charge is 0.503 e. The minimum absolute atomic E-state index is 0.120. The third-order valence-electron chi connectivity index (χ3n) is 3.35. The Hall–Kier alpha value is -2.51. The van der Waals surface area contributed by atoms with Crippen LogP contribution in [0.5, 0.6) is 11.5 Å². The lowest BCUT2D eigenvalue weighted by Crippen LogP contribution is -2.16. The molecular weight excluding hydrogens is 412 g/mol. The zero-order valence-corrected chi connectivity index (χ0v) is 15.3. The molecule has 0 aliphatic heterocycles. The number of hydrogen-bond acceptors (Lipinski definition) is 5. The van der Waals surface area contributed by atoms with Crippen LogP contribution in [0.1, 0.15) is 16.1 Å². The summed E-state index contributed by atoms with van der Waals surface area (Å²) in [6.45, 7) is 0. The summed E-state index contributed by atoms with van der Waals surface area (Å²) in [5.74, 6) is -0.283. The molecule has 1 heterocycles. The normalized spacial score (nSPS) is 11.2. The highest BCUT2D eigenvalue weighted by Crippen LogP contribution is 2.34. The van der Waals surface area contributed by atoms with E-state index in [1.165, 1.54) is 25.5 Å². The van der Waals surface area contributed by atoms with E-state index in [4.69, 9.17) is 20.8 Å². The number of carbonyl (C=O) groups excluding carboxylic acids is 1. The maximum Gasteiger partial charge on any atom is 0.307 e. The lowest BCUT2D eigenvalue weighted by atomic mass is 10.2. The van der Waals surface area contributed by atoms with Gasteiger partial charge in [0.25, 0.3) is 0 Å². The van der Waals surface area contributed by atoms with E-state index in [2.05, 4.69) is 26.5 Å². The van der Waals surface area contributed by atoms with Gasteiger partial charge < -0.3 is 14.3 Å². The van der Waals surface area contributed by atoms with Crippen LogP contribution >= 0.6 is 27.5 Å². The van der Waals surface area contributed by atoms with Gasteiger partial charge in [-0.05, 0) is 42.0 Å². The van der Waals surface area contributed by atoms with E-state index in [1.807, 2.05) is 12.1 Å². The topological polar surface area (TPSA) is 84.1 Å². The van der Waals surface area contributed by atoms with Crippen LogP contribution < -0.4 is 10.2 Å².